The minimum atomic E-state index is -0.709. The summed E-state index contributed by atoms with van der Waals surface area (Å²) in [5.41, 5.74) is 3.61. The first-order valence-corrected chi connectivity index (χ1v) is 14.8. The number of rotatable bonds is 12. The van der Waals surface area contributed by atoms with Crippen LogP contribution in [0.15, 0.2) is 54.6 Å². The van der Waals surface area contributed by atoms with Crippen LogP contribution in [0.4, 0.5) is 26.0 Å². The van der Waals surface area contributed by atoms with E-state index in [1.165, 1.54) is 12.1 Å². The van der Waals surface area contributed by atoms with Crippen molar-refractivity contribution in [3.63, 3.8) is 0 Å². The van der Waals surface area contributed by atoms with Gasteiger partial charge in [0.15, 0.2) is 5.82 Å². The molecule has 3 N–H and O–H groups in total. The van der Waals surface area contributed by atoms with Gasteiger partial charge < -0.3 is 29.9 Å². The van der Waals surface area contributed by atoms with Crippen molar-refractivity contribution in [3.8, 4) is 0 Å². The van der Waals surface area contributed by atoms with Gasteiger partial charge in [0.05, 0.1) is 17.7 Å². The summed E-state index contributed by atoms with van der Waals surface area (Å²) in [5.74, 6) is -1.19. The Morgan fingerprint density at radius 1 is 1.00 bits per heavy atom. The van der Waals surface area contributed by atoms with Crippen molar-refractivity contribution in [2.24, 2.45) is 0 Å². The van der Waals surface area contributed by atoms with Gasteiger partial charge in [-0.3, -0.25) is 9.89 Å². The number of nitrogens with zero attached hydrogens (tertiary/aromatic N) is 3. The number of piperazine rings is 1. The highest BCUT2D eigenvalue weighted by Crippen LogP contribution is 2.35. The largest absolute Gasteiger partial charge is 0.384 e. The van der Waals surface area contributed by atoms with Crippen molar-refractivity contribution >= 4 is 34.0 Å². The fraction of sp³-hybridized carbons (Fsp3) is 0.394. The van der Waals surface area contributed by atoms with Crippen molar-refractivity contribution in [3.05, 3.63) is 82.9 Å². The van der Waals surface area contributed by atoms with Crippen molar-refractivity contribution in [2.45, 2.75) is 25.7 Å². The second kappa shape index (κ2) is 13.7. The third kappa shape index (κ3) is 7.18. The number of aromatic nitrogens is 2. The molecule has 1 fully saturated rings. The SMILES string of the molecule is COCOCCCNc1cc(N2CCN(C)CC2)ccc1C(=O)Nc1n[nH]c2ccc(C(C)(C)c3cc(F)cc(F)c3)cc12. The van der Waals surface area contributed by atoms with Gasteiger partial charge in [0.1, 0.15) is 18.4 Å². The summed E-state index contributed by atoms with van der Waals surface area (Å²) < 4.78 is 38.4. The van der Waals surface area contributed by atoms with Gasteiger partial charge in [-0.05, 0) is 67.1 Å². The zero-order valence-corrected chi connectivity index (χ0v) is 25.7. The van der Waals surface area contributed by atoms with Gasteiger partial charge >= 0.3 is 0 Å². The summed E-state index contributed by atoms with van der Waals surface area (Å²) >= 11 is 0. The monoisotopic (exact) mass is 606 g/mol. The van der Waals surface area contributed by atoms with E-state index in [1.807, 2.05) is 50.2 Å². The Balaban J connectivity index is 1.39. The number of fused-ring (bicyclic) bond motifs is 1. The number of hydrogen-bond acceptors (Lipinski definition) is 7. The Hall–Kier alpha value is -4.06. The summed E-state index contributed by atoms with van der Waals surface area (Å²) in [4.78, 5) is 18.3. The van der Waals surface area contributed by atoms with Crippen LogP contribution in [0.1, 0.15) is 41.8 Å². The van der Waals surface area contributed by atoms with E-state index in [-0.39, 0.29) is 12.7 Å². The summed E-state index contributed by atoms with van der Waals surface area (Å²) in [6, 6.07) is 15.0. The minimum Gasteiger partial charge on any atom is -0.384 e. The molecule has 3 aromatic carbocycles. The van der Waals surface area contributed by atoms with E-state index in [9.17, 15) is 13.6 Å². The summed E-state index contributed by atoms with van der Waals surface area (Å²) in [6.45, 7) is 8.95. The van der Waals surface area contributed by atoms with E-state index in [0.29, 0.717) is 35.5 Å². The molecule has 0 aliphatic carbocycles. The molecule has 5 rings (SSSR count). The molecule has 0 saturated carbocycles. The first-order valence-electron chi connectivity index (χ1n) is 14.8. The van der Waals surface area contributed by atoms with E-state index < -0.39 is 17.0 Å². The van der Waals surface area contributed by atoms with Gasteiger partial charge in [0.2, 0.25) is 0 Å². The second-order valence-electron chi connectivity index (χ2n) is 11.7. The molecule has 1 aliphatic heterocycles. The number of amides is 1. The highest BCUT2D eigenvalue weighted by atomic mass is 19.1. The molecule has 234 valence electrons. The maximum Gasteiger partial charge on any atom is 0.258 e. The average molecular weight is 607 g/mol. The van der Waals surface area contributed by atoms with Gasteiger partial charge in [0, 0.05) is 68.1 Å². The summed E-state index contributed by atoms with van der Waals surface area (Å²) in [6.07, 6.45) is 0.737. The lowest BCUT2D eigenvalue weighted by atomic mass is 9.78. The molecule has 2 heterocycles. The lowest BCUT2D eigenvalue weighted by Gasteiger charge is -2.34. The van der Waals surface area contributed by atoms with Crippen LogP contribution in [0.25, 0.3) is 10.9 Å². The van der Waals surface area contributed by atoms with Crippen LogP contribution in [0.5, 0.6) is 0 Å². The van der Waals surface area contributed by atoms with Crippen molar-refractivity contribution in [1.82, 2.24) is 15.1 Å². The third-order valence-corrected chi connectivity index (χ3v) is 8.20. The van der Waals surface area contributed by atoms with Gasteiger partial charge in [-0.2, -0.15) is 5.10 Å². The van der Waals surface area contributed by atoms with E-state index in [0.717, 1.165) is 61.1 Å². The van der Waals surface area contributed by atoms with Crippen LogP contribution >= 0.6 is 0 Å². The molecule has 0 radical (unpaired) electrons. The summed E-state index contributed by atoms with van der Waals surface area (Å²) in [7, 11) is 3.70. The standard InChI is InChI=1S/C33H40F2N6O3/c1-33(2,23-16-24(34)19-25(35)17-23)22-6-9-29-28(18-22)31(39-38-29)37-32(42)27-8-7-26(41-13-11-40(3)12-14-41)20-30(27)36-10-5-15-44-21-43-4/h6-9,16-20,36H,5,10-15,21H2,1-4H3,(H2,37,38,39,42). The van der Waals surface area contributed by atoms with Crippen LogP contribution in [0, 0.1) is 11.6 Å². The zero-order valence-electron chi connectivity index (χ0n) is 25.7. The predicted molar refractivity (Wildman–Crippen MR) is 170 cm³/mol. The number of carbonyl (C=O) groups is 1. The molecule has 1 aliphatic rings. The molecule has 1 aromatic heterocycles. The molecule has 11 heteroatoms. The Morgan fingerprint density at radius 2 is 1.75 bits per heavy atom. The van der Waals surface area contributed by atoms with E-state index in [2.05, 4.69) is 37.7 Å². The number of methoxy groups -OCH3 is 1. The van der Waals surface area contributed by atoms with E-state index in [4.69, 9.17) is 9.47 Å². The van der Waals surface area contributed by atoms with Crippen LogP contribution in [0.3, 0.4) is 0 Å². The number of hydrogen-bond donors (Lipinski definition) is 3. The number of nitrogens with one attached hydrogen (secondary N) is 3. The number of halogens is 2. The Morgan fingerprint density at radius 3 is 2.48 bits per heavy atom. The average Bonchev–Trinajstić information content (AvgIpc) is 3.40. The van der Waals surface area contributed by atoms with Gasteiger partial charge in [0.25, 0.3) is 5.91 Å². The maximum atomic E-state index is 14.0. The number of H-pyrrole nitrogens is 1. The number of anilines is 3. The molecule has 1 saturated heterocycles. The Bertz CT molecular complexity index is 1580. The quantitative estimate of drug-likeness (QED) is 0.143. The predicted octanol–water partition coefficient (Wildman–Crippen LogP) is 5.59. The zero-order chi connectivity index (χ0) is 31.3. The molecule has 4 aromatic rings. The number of benzene rings is 3. The van der Waals surface area contributed by atoms with Crippen LogP contribution < -0.4 is 15.5 Å². The molecule has 0 atom stereocenters. The summed E-state index contributed by atoms with van der Waals surface area (Å²) in [5, 5.41) is 14.5. The van der Waals surface area contributed by atoms with Crippen molar-refractivity contribution in [1.29, 1.82) is 0 Å². The number of carbonyl (C=O) groups excluding carboxylic acids is 1. The first-order chi connectivity index (χ1) is 21.2. The molecule has 44 heavy (non-hydrogen) atoms. The van der Waals surface area contributed by atoms with Gasteiger partial charge in [-0.1, -0.05) is 19.9 Å². The number of likely N-dealkylation sites (N-methyl/N-ethyl adjacent to an activating group) is 1. The normalized spacial score (nSPS) is 14.3. The van der Waals surface area contributed by atoms with Crippen LogP contribution in [-0.2, 0) is 14.9 Å². The molecule has 9 nitrogen and oxygen atoms in total. The Labute approximate surface area is 256 Å². The second-order valence-corrected chi connectivity index (χ2v) is 11.7. The molecule has 1 amide bonds. The molecule has 0 bridgehead atoms. The number of aromatic amines is 1. The lowest BCUT2D eigenvalue weighted by molar-refractivity contribution is -0.0303. The maximum absolute atomic E-state index is 14.0. The van der Waals surface area contributed by atoms with E-state index >= 15 is 0 Å². The molecule has 0 unspecified atom stereocenters. The smallest absolute Gasteiger partial charge is 0.258 e. The highest BCUT2D eigenvalue weighted by molar-refractivity contribution is 6.11. The van der Waals surface area contributed by atoms with Crippen LogP contribution in [-0.4, -0.2) is 81.3 Å². The fourth-order valence-corrected chi connectivity index (χ4v) is 5.43. The highest BCUT2D eigenvalue weighted by Gasteiger charge is 2.26. The van der Waals surface area contributed by atoms with Crippen molar-refractivity contribution < 1.29 is 23.0 Å². The molecule has 0 spiro atoms. The van der Waals surface area contributed by atoms with Gasteiger partial charge in [-0.15, -0.1) is 0 Å². The van der Waals surface area contributed by atoms with Gasteiger partial charge in [-0.25, -0.2) is 8.78 Å². The molecular formula is C33H40F2N6O3. The van der Waals surface area contributed by atoms with Crippen LogP contribution in [0.2, 0.25) is 0 Å². The van der Waals surface area contributed by atoms with Crippen molar-refractivity contribution in [2.75, 3.05) is 75.8 Å². The molecular weight excluding hydrogens is 566 g/mol. The minimum absolute atomic E-state index is 0.238. The third-order valence-electron chi connectivity index (χ3n) is 8.20. The van der Waals surface area contributed by atoms with E-state index in [1.54, 1.807) is 7.11 Å². The first kappa shape index (κ1) is 31.4. The topological polar surface area (TPSA) is 94.8 Å². The lowest BCUT2D eigenvalue weighted by Crippen LogP contribution is -2.44. The number of ether oxygens (including phenoxy) is 2. The Kier molecular flexibility index (Phi) is 9.77. The fourth-order valence-electron chi connectivity index (χ4n) is 5.43.